The van der Waals surface area contributed by atoms with E-state index in [2.05, 4.69) is 11.9 Å². The van der Waals surface area contributed by atoms with Crippen LogP contribution in [0.5, 0.6) is 0 Å². The van der Waals surface area contributed by atoms with Crippen molar-refractivity contribution >= 4 is 28.4 Å². The number of nitrogens with zero attached hydrogens (tertiary/aromatic N) is 1. The van der Waals surface area contributed by atoms with Gasteiger partial charge in [0.25, 0.3) is 11.7 Å². The summed E-state index contributed by atoms with van der Waals surface area (Å²) in [5.74, 6) is -1.37. The summed E-state index contributed by atoms with van der Waals surface area (Å²) in [6.07, 6.45) is 3.44. The van der Waals surface area contributed by atoms with E-state index in [4.69, 9.17) is 0 Å². The molecule has 170 valence electrons. The Labute approximate surface area is 198 Å². The number of para-hydroxylation sites is 1. The number of H-pyrrole nitrogens is 1. The molecule has 2 heterocycles. The van der Waals surface area contributed by atoms with Crippen LogP contribution < -0.4 is 0 Å². The van der Waals surface area contributed by atoms with Gasteiger partial charge in [0, 0.05) is 29.2 Å². The molecule has 1 aromatic heterocycles. The fourth-order valence-electron chi connectivity index (χ4n) is 4.72. The molecule has 5 nitrogen and oxygen atoms in total. The number of amides is 1. The largest absolute Gasteiger partial charge is 0.507 e. The maximum atomic E-state index is 13.2. The van der Waals surface area contributed by atoms with Gasteiger partial charge in [-0.3, -0.25) is 9.59 Å². The maximum Gasteiger partial charge on any atom is 0.295 e. The number of hydrogen-bond acceptors (Lipinski definition) is 3. The van der Waals surface area contributed by atoms with Gasteiger partial charge in [-0.1, -0.05) is 79.7 Å². The zero-order valence-corrected chi connectivity index (χ0v) is 19.0. The Morgan fingerprint density at radius 2 is 1.65 bits per heavy atom. The molecule has 1 unspecified atom stereocenters. The normalized spacial score (nSPS) is 17.6. The van der Waals surface area contributed by atoms with Gasteiger partial charge in [-0.05, 0) is 35.6 Å². The Bertz CT molecular complexity index is 1380. The minimum absolute atomic E-state index is 0.138. The van der Waals surface area contributed by atoms with Crippen LogP contribution in [0.1, 0.15) is 35.2 Å². The molecule has 0 spiro atoms. The Morgan fingerprint density at radius 3 is 2.38 bits per heavy atom. The van der Waals surface area contributed by atoms with Gasteiger partial charge in [-0.2, -0.15) is 0 Å². The second kappa shape index (κ2) is 9.02. The lowest BCUT2D eigenvalue weighted by molar-refractivity contribution is -0.139. The minimum atomic E-state index is -0.648. The molecule has 4 aromatic rings. The van der Waals surface area contributed by atoms with Crippen molar-refractivity contribution in [2.75, 3.05) is 6.54 Å². The summed E-state index contributed by atoms with van der Waals surface area (Å²) >= 11 is 0. The first-order valence-corrected chi connectivity index (χ1v) is 11.6. The fraction of sp³-hybridized carbons (Fsp3) is 0.172. The topological polar surface area (TPSA) is 73.4 Å². The van der Waals surface area contributed by atoms with E-state index >= 15 is 0 Å². The number of aryl methyl sites for hydroxylation is 1. The molecule has 3 aromatic carbocycles. The molecule has 0 bridgehead atoms. The van der Waals surface area contributed by atoms with Gasteiger partial charge in [-0.25, -0.2) is 0 Å². The molecule has 0 radical (unpaired) electrons. The zero-order valence-electron chi connectivity index (χ0n) is 19.0. The van der Waals surface area contributed by atoms with E-state index in [1.807, 2.05) is 60.8 Å². The highest BCUT2D eigenvalue weighted by Gasteiger charge is 2.45. The molecule has 2 N–H and O–H groups in total. The third kappa shape index (κ3) is 3.79. The van der Waals surface area contributed by atoms with Crippen molar-refractivity contribution in [1.29, 1.82) is 0 Å². The van der Waals surface area contributed by atoms with Crippen molar-refractivity contribution in [3.05, 3.63) is 113 Å². The summed E-state index contributed by atoms with van der Waals surface area (Å²) in [6, 6.07) is 24.2. The summed E-state index contributed by atoms with van der Waals surface area (Å²) in [5.41, 5.74) is 4.76. The second-order valence-electron chi connectivity index (χ2n) is 8.56. The van der Waals surface area contributed by atoms with Gasteiger partial charge in [0.1, 0.15) is 5.76 Å². The monoisotopic (exact) mass is 450 g/mol. The van der Waals surface area contributed by atoms with Crippen LogP contribution >= 0.6 is 0 Å². The van der Waals surface area contributed by atoms with Crippen LogP contribution in [0.3, 0.4) is 0 Å². The van der Waals surface area contributed by atoms with E-state index in [-0.39, 0.29) is 11.3 Å². The van der Waals surface area contributed by atoms with Crippen LogP contribution in [0.25, 0.3) is 16.7 Å². The molecule has 1 atom stereocenters. The molecule has 1 aliphatic heterocycles. The molecule has 34 heavy (non-hydrogen) atoms. The first-order chi connectivity index (χ1) is 16.6. The summed E-state index contributed by atoms with van der Waals surface area (Å²) in [6.45, 7) is 2.44. The van der Waals surface area contributed by atoms with Crippen LogP contribution in [0.15, 0.2) is 90.6 Å². The molecule has 1 fully saturated rings. The van der Waals surface area contributed by atoms with Crippen LogP contribution in [-0.4, -0.2) is 33.2 Å². The van der Waals surface area contributed by atoms with E-state index in [9.17, 15) is 14.7 Å². The average molecular weight is 451 g/mol. The maximum absolute atomic E-state index is 13.2. The molecule has 0 saturated carbocycles. The smallest absolute Gasteiger partial charge is 0.295 e. The van der Waals surface area contributed by atoms with Gasteiger partial charge < -0.3 is 15.0 Å². The lowest BCUT2D eigenvalue weighted by atomic mass is 9.94. The van der Waals surface area contributed by atoms with E-state index in [0.29, 0.717) is 18.5 Å². The number of benzene rings is 3. The number of ketones is 1. The first kappa shape index (κ1) is 21.7. The molecule has 0 aliphatic carbocycles. The number of fused-ring (bicyclic) bond motifs is 1. The Morgan fingerprint density at radius 1 is 0.941 bits per heavy atom. The van der Waals surface area contributed by atoms with Crippen LogP contribution in [0.4, 0.5) is 0 Å². The first-order valence-electron chi connectivity index (χ1n) is 11.6. The fourth-order valence-corrected chi connectivity index (χ4v) is 4.72. The predicted octanol–water partition coefficient (Wildman–Crippen LogP) is 5.39. The summed E-state index contributed by atoms with van der Waals surface area (Å²) < 4.78 is 0. The number of aromatic nitrogens is 1. The van der Waals surface area contributed by atoms with Crippen molar-refractivity contribution in [3.63, 3.8) is 0 Å². The highest BCUT2D eigenvalue weighted by Crippen LogP contribution is 2.39. The Kier molecular flexibility index (Phi) is 5.76. The number of nitrogens with one attached hydrogen (secondary N) is 1. The number of Topliss-reactive ketones (excluding diaryl/α,β-unsaturated/α-hetero) is 1. The van der Waals surface area contributed by atoms with Gasteiger partial charge in [-0.15, -0.1) is 0 Å². The Hall–Kier alpha value is -4.12. The molecule has 1 saturated heterocycles. The van der Waals surface area contributed by atoms with Crippen molar-refractivity contribution in [2.24, 2.45) is 0 Å². The van der Waals surface area contributed by atoms with Gasteiger partial charge >= 0.3 is 0 Å². The van der Waals surface area contributed by atoms with Crippen LogP contribution in [0.2, 0.25) is 0 Å². The van der Waals surface area contributed by atoms with Crippen LogP contribution in [-0.2, 0) is 22.4 Å². The minimum Gasteiger partial charge on any atom is -0.507 e. The Balaban J connectivity index is 1.56. The number of hydrogen-bond donors (Lipinski definition) is 2. The number of aliphatic hydroxyl groups excluding tert-OH is 1. The second-order valence-corrected chi connectivity index (χ2v) is 8.56. The number of carbonyl (C=O) groups excluding carboxylic acids is 2. The molecule has 5 rings (SSSR count). The van der Waals surface area contributed by atoms with E-state index in [1.165, 1.54) is 5.56 Å². The number of rotatable bonds is 6. The molecular weight excluding hydrogens is 424 g/mol. The van der Waals surface area contributed by atoms with Crippen LogP contribution in [0, 0.1) is 0 Å². The van der Waals surface area contributed by atoms with Crippen molar-refractivity contribution in [2.45, 2.75) is 25.8 Å². The van der Waals surface area contributed by atoms with Gasteiger partial charge in [0.15, 0.2) is 0 Å². The highest BCUT2D eigenvalue weighted by molar-refractivity contribution is 6.46. The SMILES string of the molecule is CCc1ccc(C2C(=C(O)c3ccccc3)C(=O)C(=O)N2CCc2c[nH]c3ccccc23)cc1. The summed E-state index contributed by atoms with van der Waals surface area (Å²) in [7, 11) is 0. The van der Waals surface area contributed by atoms with Crippen molar-refractivity contribution < 1.29 is 14.7 Å². The summed E-state index contributed by atoms with van der Waals surface area (Å²) in [5, 5.41) is 12.2. The standard InChI is InChI=1S/C29H26N2O3/c1-2-19-12-14-20(15-13-19)26-25(27(32)21-8-4-3-5-9-21)28(33)29(34)31(26)17-16-22-18-30-24-11-7-6-10-23(22)24/h3-15,18,26,30,32H,2,16-17H2,1H3. The van der Waals surface area contributed by atoms with Gasteiger partial charge in [0.05, 0.1) is 11.6 Å². The lowest BCUT2D eigenvalue weighted by Gasteiger charge is -2.25. The third-order valence-electron chi connectivity index (χ3n) is 6.59. The van der Waals surface area contributed by atoms with E-state index < -0.39 is 17.7 Å². The van der Waals surface area contributed by atoms with E-state index in [1.54, 1.807) is 29.2 Å². The quantitative estimate of drug-likeness (QED) is 0.235. The van der Waals surface area contributed by atoms with Gasteiger partial charge in [0.2, 0.25) is 0 Å². The predicted molar refractivity (Wildman–Crippen MR) is 133 cm³/mol. The number of likely N-dealkylation sites (tertiary alicyclic amines) is 1. The summed E-state index contributed by atoms with van der Waals surface area (Å²) in [4.78, 5) is 31.3. The molecule has 1 amide bonds. The number of aromatic amines is 1. The number of carbonyl (C=O) groups is 2. The molecule has 5 heteroatoms. The lowest BCUT2D eigenvalue weighted by Crippen LogP contribution is -2.31. The van der Waals surface area contributed by atoms with Crippen molar-refractivity contribution in [1.82, 2.24) is 9.88 Å². The van der Waals surface area contributed by atoms with E-state index in [0.717, 1.165) is 28.5 Å². The highest BCUT2D eigenvalue weighted by atomic mass is 16.3. The third-order valence-corrected chi connectivity index (χ3v) is 6.59. The van der Waals surface area contributed by atoms with Crippen molar-refractivity contribution in [3.8, 4) is 0 Å². The number of aliphatic hydroxyl groups is 1. The molecule has 1 aliphatic rings. The molecular formula is C29H26N2O3. The zero-order chi connectivity index (χ0) is 23.7. The average Bonchev–Trinajstić information content (AvgIpc) is 3.41.